The van der Waals surface area contributed by atoms with Crippen molar-refractivity contribution in [3.63, 3.8) is 0 Å². The van der Waals surface area contributed by atoms with E-state index in [4.69, 9.17) is 0 Å². The number of hydrogen-bond donors (Lipinski definition) is 1. The lowest BCUT2D eigenvalue weighted by Crippen LogP contribution is -2.16. The van der Waals surface area contributed by atoms with E-state index in [2.05, 4.69) is 5.32 Å². The molecule has 0 amide bonds. The molecule has 102 valence electrons. The third-order valence-electron chi connectivity index (χ3n) is 2.16. The Morgan fingerprint density at radius 3 is 1.83 bits per heavy atom. The molecule has 0 radical (unpaired) electrons. The zero-order valence-electron chi connectivity index (χ0n) is 9.33. The quantitative estimate of drug-likeness (QED) is 0.512. The first-order valence-electron chi connectivity index (χ1n) is 5.00. The zero-order chi connectivity index (χ0) is 13.9. The van der Waals surface area contributed by atoms with Crippen molar-refractivity contribution in [3.05, 3.63) is 29.1 Å². The van der Waals surface area contributed by atoms with E-state index in [9.17, 15) is 26.2 Å². The Labute approximate surface area is 103 Å². The van der Waals surface area contributed by atoms with E-state index >= 15 is 0 Å². The average Bonchev–Trinajstić information content (AvgIpc) is 2.37. The molecular weight excluding hydrogens is 277 g/mol. The van der Waals surface area contributed by atoms with Crippen LogP contribution in [0, 0.1) is 29.1 Å². The summed E-state index contributed by atoms with van der Waals surface area (Å²) in [5, 5.41) is 2.07. The Balaban J connectivity index is 2.93. The monoisotopic (exact) mass is 287 g/mol. The standard InChI is InChI=1S/C10H10F5NOS/c1-2-18(17)4-3-16-10-8(14)6(12)5(11)7(13)9(10)15/h16H,2-4H2,1H3. The minimum absolute atomic E-state index is 0.0516. The molecule has 1 N–H and O–H groups in total. The average molecular weight is 287 g/mol. The summed E-state index contributed by atoms with van der Waals surface area (Å²) < 4.78 is 75.6. The molecule has 1 aromatic rings. The summed E-state index contributed by atoms with van der Waals surface area (Å²) in [6.45, 7) is 1.49. The molecule has 0 aliphatic rings. The van der Waals surface area contributed by atoms with Crippen molar-refractivity contribution in [2.24, 2.45) is 0 Å². The molecule has 0 saturated carbocycles. The highest BCUT2D eigenvalue weighted by Crippen LogP contribution is 2.26. The summed E-state index contributed by atoms with van der Waals surface area (Å²) in [5.74, 6) is -9.66. The van der Waals surface area contributed by atoms with Crippen molar-refractivity contribution in [2.45, 2.75) is 6.92 Å². The predicted octanol–water partition coefficient (Wildman–Crippen LogP) is 2.56. The van der Waals surface area contributed by atoms with Crippen LogP contribution in [0.4, 0.5) is 27.6 Å². The van der Waals surface area contributed by atoms with Gasteiger partial charge < -0.3 is 5.32 Å². The molecule has 0 bridgehead atoms. The van der Waals surface area contributed by atoms with E-state index in [-0.39, 0.29) is 12.3 Å². The second-order valence-electron chi connectivity index (χ2n) is 3.30. The fourth-order valence-electron chi connectivity index (χ4n) is 1.19. The van der Waals surface area contributed by atoms with Crippen molar-refractivity contribution >= 4 is 16.5 Å². The van der Waals surface area contributed by atoms with Crippen LogP contribution >= 0.6 is 0 Å². The number of anilines is 1. The first kappa shape index (κ1) is 14.9. The van der Waals surface area contributed by atoms with Crippen molar-refractivity contribution in [2.75, 3.05) is 23.4 Å². The molecule has 0 aliphatic heterocycles. The first-order chi connectivity index (χ1) is 8.40. The molecule has 0 fully saturated rings. The fraction of sp³-hybridized carbons (Fsp3) is 0.400. The first-order valence-corrected chi connectivity index (χ1v) is 6.49. The lowest BCUT2D eigenvalue weighted by molar-refractivity contribution is 0.381. The van der Waals surface area contributed by atoms with Crippen LogP contribution in [-0.2, 0) is 10.8 Å². The topological polar surface area (TPSA) is 29.1 Å². The molecule has 2 nitrogen and oxygen atoms in total. The third kappa shape index (κ3) is 2.98. The van der Waals surface area contributed by atoms with Crippen molar-refractivity contribution in [1.29, 1.82) is 0 Å². The minimum Gasteiger partial charge on any atom is -0.379 e. The number of rotatable bonds is 5. The molecule has 1 atom stereocenters. The van der Waals surface area contributed by atoms with E-state index in [1.165, 1.54) is 0 Å². The van der Waals surface area contributed by atoms with Crippen LogP contribution < -0.4 is 5.32 Å². The van der Waals surface area contributed by atoms with Gasteiger partial charge in [0.1, 0.15) is 5.69 Å². The van der Waals surface area contributed by atoms with Gasteiger partial charge in [-0.25, -0.2) is 22.0 Å². The van der Waals surface area contributed by atoms with Gasteiger partial charge in [-0.3, -0.25) is 4.21 Å². The molecular formula is C10H10F5NOS. The number of halogens is 5. The minimum atomic E-state index is -2.20. The van der Waals surface area contributed by atoms with Gasteiger partial charge in [0, 0.05) is 28.9 Å². The molecule has 0 saturated heterocycles. The van der Waals surface area contributed by atoms with Crippen molar-refractivity contribution in [1.82, 2.24) is 0 Å². The zero-order valence-corrected chi connectivity index (χ0v) is 10.1. The Kier molecular flexibility index (Phi) is 5.06. The van der Waals surface area contributed by atoms with Crippen LogP contribution in [0.3, 0.4) is 0 Å². The van der Waals surface area contributed by atoms with Gasteiger partial charge in [-0.1, -0.05) is 6.92 Å². The lowest BCUT2D eigenvalue weighted by atomic mass is 10.2. The van der Waals surface area contributed by atoms with Gasteiger partial charge in [0.05, 0.1) is 0 Å². The molecule has 18 heavy (non-hydrogen) atoms. The molecule has 0 heterocycles. The van der Waals surface area contributed by atoms with Crippen LogP contribution in [-0.4, -0.2) is 22.3 Å². The van der Waals surface area contributed by atoms with Crippen LogP contribution in [0.1, 0.15) is 6.92 Å². The van der Waals surface area contributed by atoms with E-state index in [0.717, 1.165) is 0 Å². The number of hydrogen-bond acceptors (Lipinski definition) is 2. The number of nitrogens with one attached hydrogen (secondary N) is 1. The van der Waals surface area contributed by atoms with Crippen LogP contribution in [0.25, 0.3) is 0 Å². The maximum atomic E-state index is 13.1. The summed E-state index contributed by atoms with van der Waals surface area (Å²) in [7, 11) is -1.20. The van der Waals surface area contributed by atoms with Gasteiger partial charge in [0.2, 0.25) is 5.82 Å². The Hall–Kier alpha value is -1.18. The maximum absolute atomic E-state index is 13.1. The van der Waals surface area contributed by atoms with E-state index in [1.807, 2.05) is 0 Å². The van der Waals surface area contributed by atoms with E-state index in [0.29, 0.717) is 5.75 Å². The Morgan fingerprint density at radius 1 is 0.944 bits per heavy atom. The molecule has 8 heteroatoms. The summed E-state index contributed by atoms with van der Waals surface area (Å²) in [4.78, 5) is 0. The highest BCUT2D eigenvalue weighted by Gasteiger charge is 2.25. The van der Waals surface area contributed by atoms with Gasteiger partial charge >= 0.3 is 0 Å². The normalized spacial score (nSPS) is 12.6. The summed E-state index contributed by atoms with van der Waals surface area (Å²) in [6, 6.07) is 0. The molecule has 0 aliphatic carbocycles. The molecule has 1 unspecified atom stereocenters. The molecule has 0 aromatic heterocycles. The van der Waals surface area contributed by atoms with Gasteiger partial charge in [-0.2, -0.15) is 0 Å². The van der Waals surface area contributed by atoms with Gasteiger partial charge in [-0.15, -0.1) is 0 Å². The molecule has 0 spiro atoms. The Morgan fingerprint density at radius 2 is 1.39 bits per heavy atom. The van der Waals surface area contributed by atoms with Gasteiger partial charge in [0.15, 0.2) is 23.3 Å². The van der Waals surface area contributed by atoms with E-state index < -0.39 is 45.6 Å². The lowest BCUT2D eigenvalue weighted by Gasteiger charge is -2.10. The molecule has 1 aromatic carbocycles. The highest BCUT2D eigenvalue weighted by atomic mass is 32.2. The largest absolute Gasteiger partial charge is 0.379 e. The molecule has 1 rings (SSSR count). The van der Waals surface area contributed by atoms with Crippen LogP contribution in [0.2, 0.25) is 0 Å². The van der Waals surface area contributed by atoms with Crippen LogP contribution in [0.15, 0.2) is 0 Å². The third-order valence-corrected chi connectivity index (χ3v) is 3.47. The summed E-state index contributed by atoms with van der Waals surface area (Å²) >= 11 is 0. The van der Waals surface area contributed by atoms with Crippen LogP contribution in [0.5, 0.6) is 0 Å². The number of benzene rings is 1. The smallest absolute Gasteiger partial charge is 0.200 e. The van der Waals surface area contributed by atoms with Gasteiger partial charge in [0.25, 0.3) is 0 Å². The second-order valence-corrected chi connectivity index (χ2v) is 5.17. The summed E-state index contributed by atoms with van der Waals surface area (Å²) in [5.41, 5.74) is -1.10. The SMILES string of the molecule is CCS(=O)CCNc1c(F)c(F)c(F)c(F)c1F. The predicted molar refractivity (Wildman–Crippen MR) is 58.3 cm³/mol. The van der Waals surface area contributed by atoms with Crippen molar-refractivity contribution < 1.29 is 26.2 Å². The highest BCUT2D eigenvalue weighted by molar-refractivity contribution is 7.84. The Bertz CT molecular complexity index is 451. The fourth-order valence-corrected chi connectivity index (χ4v) is 1.81. The second kappa shape index (κ2) is 6.12. The van der Waals surface area contributed by atoms with E-state index in [1.54, 1.807) is 6.92 Å². The summed E-state index contributed by atoms with van der Waals surface area (Å²) in [6.07, 6.45) is 0. The van der Waals surface area contributed by atoms with Gasteiger partial charge in [-0.05, 0) is 0 Å². The maximum Gasteiger partial charge on any atom is 0.200 e. The van der Waals surface area contributed by atoms with Crippen molar-refractivity contribution in [3.8, 4) is 0 Å².